The number of benzene rings is 3. The summed E-state index contributed by atoms with van der Waals surface area (Å²) in [4.78, 5) is 0. The first kappa shape index (κ1) is 14.8. The van der Waals surface area contributed by atoms with Crippen LogP contribution in [0.1, 0.15) is 40.6 Å². The van der Waals surface area contributed by atoms with E-state index in [1.165, 1.54) is 38.7 Å². The smallest absolute Gasteiger partial charge is 0.0554 e. The number of allylic oxidation sites excluding steroid dienone is 2. The summed E-state index contributed by atoms with van der Waals surface area (Å²) in [6, 6.07) is 20.6. The van der Waals surface area contributed by atoms with E-state index in [1.54, 1.807) is 0 Å². The summed E-state index contributed by atoms with van der Waals surface area (Å²) in [5, 5.41) is 6.55. The molecule has 2 aliphatic rings. The van der Waals surface area contributed by atoms with Gasteiger partial charge in [-0.1, -0.05) is 66.2 Å². The molecule has 0 radical (unpaired) electrons. The van der Waals surface area contributed by atoms with E-state index in [9.17, 15) is 0 Å². The molecule has 3 aromatic carbocycles. The lowest BCUT2D eigenvalue weighted by atomic mass is 9.76. The minimum atomic E-state index is 0.374. The second kappa shape index (κ2) is 5.49. The van der Waals surface area contributed by atoms with Gasteiger partial charge in [0.05, 0.1) is 6.04 Å². The van der Waals surface area contributed by atoms with Crippen LogP contribution >= 0.6 is 0 Å². The quantitative estimate of drug-likeness (QED) is 0.519. The number of hydrogen-bond acceptors (Lipinski definition) is 1. The van der Waals surface area contributed by atoms with Crippen molar-refractivity contribution in [3.8, 4) is 0 Å². The molecule has 1 aliphatic carbocycles. The number of anilines is 1. The molecular weight excluding hydrogens is 302 g/mol. The first-order valence-electron chi connectivity index (χ1n) is 9.24. The second-order valence-corrected chi connectivity index (χ2v) is 7.63. The van der Waals surface area contributed by atoms with E-state index in [2.05, 4.69) is 85.9 Å². The Morgan fingerprint density at radius 2 is 1.76 bits per heavy atom. The summed E-state index contributed by atoms with van der Waals surface area (Å²) in [5.41, 5.74) is 6.95. The van der Waals surface area contributed by atoms with Crippen molar-refractivity contribution in [1.82, 2.24) is 0 Å². The summed E-state index contributed by atoms with van der Waals surface area (Å²) in [5.74, 6) is 1.14. The lowest BCUT2D eigenvalue weighted by Gasteiger charge is -2.38. The SMILES string of the molecule is Cc1cc(C)c2c(c1)C1C=CCC1C(c1ccc3ccccc3c1)N2. The van der Waals surface area contributed by atoms with Gasteiger partial charge in [0.1, 0.15) is 0 Å². The molecule has 1 N–H and O–H groups in total. The van der Waals surface area contributed by atoms with E-state index in [1.807, 2.05) is 0 Å². The minimum Gasteiger partial charge on any atom is -0.377 e. The van der Waals surface area contributed by atoms with Crippen LogP contribution in [-0.4, -0.2) is 0 Å². The number of hydrogen-bond donors (Lipinski definition) is 1. The first-order valence-corrected chi connectivity index (χ1v) is 9.24. The second-order valence-electron chi connectivity index (χ2n) is 7.63. The third-order valence-corrected chi connectivity index (χ3v) is 5.94. The largest absolute Gasteiger partial charge is 0.377 e. The number of nitrogens with one attached hydrogen (secondary N) is 1. The highest BCUT2D eigenvalue weighted by Crippen LogP contribution is 2.51. The average Bonchev–Trinajstić information content (AvgIpc) is 3.11. The highest BCUT2D eigenvalue weighted by molar-refractivity contribution is 5.83. The van der Waals surface area contributed by atoms with Crippen molar-refractivity contribution in [2.45, 2.75) is 32.2 Å². The third-order valence-electron chi connectivity index (χ3n) is 5.94. The number of rotatable bonds is 1. The van der Waals surface area contributed by atoms with Gasteiger partial charge >= 0.3 is 0 Å². The van der Waals surface area contributed by atoms with Crippen molar-refractivity contribution < 1.29 is 0 Å². The van der Waals surface area contributed by atoms with Gasteiger partial charge in [-0.3, -0.25) is 0 Å². The van der Waals surface area contributed by atoms with Gasteiger partial charge in [-0.2, -0.15) is 0 Å². The standard InChI is InChI=1S/C24H23N/c1-15-12-16(2)23-22(13-15)20-8-5-9-21(20)24(25-23)19-11-10-17-6-3-4-7-18(17)14-19/h3-8,10-14,20-21,24-25H,9H2,1-2H3. The Morgan fingerprint density at radius 3 is 2.64 bits per heavy atom. The molecule has 3 aromatic rings. The van der Waals surface area contributed by atoms with Crippen molar-refractivity contribution in [2.75, 3.05) is 5.32 Å². The monoisotopic (exact) mass is 325 g/mol. The van der Waals surface area contributed by atoms with Crippen molar-refractivity contribution in [2.24, 2.45) is 5.92 Å². The van der Waals surface area contributed by atoms with Crippen LogP contribution in [0.4, 0.5) is 5.69 Å². The van der Waals surface area contributed by atoms with Crippen LogP contribution in [0.3, 0.4) is 0 Å². The zero-order valence-corrected chi connectivity index (χ0v) is 14.8. The molecule has 0 aromatic heterocycles. The highest BCUT2D eigenvalue weighted by Gasteiger charge is 2.38. The molecule has 5 rings (SSSR count). The summed E-state index contributed by atoms with van der Waals surface area (Å²) in [7, 11) is 0. The third kappa shape index (κ3) is 2.30. The van der Waals surface area contributed by atoms with E-state index >= 15 is 0 Å². The molecule has 3 atom stereocenters. The van der Waals surface area contributed by atoms with Crippen LogP contribution in [0.5, 0.6) is 0 Å². The van der Waals surface area contributed by atoms with Gasteiger partial charge < -0.3 is 5.32 Å². The Bertz CT molecular complexity index is 998. The van der Waals surface area contributed by atoms with E-state index in [-0.39, 0.29) is 0 Å². The first-order chi connectivity index (χ1) is 12.2. The molecule has 1 nitrogen and oxygen atoms in total. The van der Waals surface area contributed by atoms with Gasteiger partial charge in [0.25, 0.3) is 0 Å². The molecule has 25 heavy (non-hydrogen) atoms. The summed E-state index contributed by atoms with van der Waals surface area (Å²) in [6.45, 7) is 4.44. The van der Waals surface area contributed by atoms with Crippen LogP contribution in [0.25, 0.3) is 10.8 Å². The van der Waals surface area contributed by atoms with Gasteiger partial charge in [0.2, 0.25) is 0 Å². The summed E-state index contributed by atoms with van der Waals surface area (Å²) in [6.07, 6.45) is 5.96. The molecule has 124 valence electrons. The van der Waals surface area contributed by atoms with E-state index in [0.29, 0.717) is 17.9 Å². The topological polar surface area (TPSA) is 12.0 Å². The molecule has 0 saturated carbocycles. The van der Waals surface area contributed by atoms with Crippen LogP contribution in [-0.2, 0) is 0 Å². The van der Waals surface area contributed by atoms with Crippen molar-refractivity contribution >= 4 is 16.5 Å². The van der Waals surface area contributed by atoms with Crippen LogP contribution in [0.2, 0.25) is 0 Å². The fourth-order valence-electron chi connectivity index (χ4n) is 4.80. The van der Waals surface area contributed by atoms with Gasteiger partial charge in [-0.15, -0.1) is 0 Å². The Kier molecular flexibility index (Phi) is 3.24. The molecule has 0 spiro atoms. The molecule has 3 unspecified atom stereocenters. The zero-order chi connectivity index (χ0) is 17.0. The molecule has 1 heterocycles. The lowest BCUT2D eigenvalue weighted by Crippen LogP contribution is -2.29. The molecule has 0 bridgehead atoms. The Labute approximate surface area is 149 Å². The zero-order valence-electron chi connectivity index (χ0n) is 14.8. The van der Waals surface area contributed by atoms with E-state index in [4.69, 9.17) is 0 Å². The molecule has 1 aliphatic heterocycles. The Morgan fingerprint density at radius 1 is 0.920 bits per heavy atom. The van der Waals surface area contributed by atoms with Crippen molar-refractivity contribution in [3.63, 3.8) is 0 Å². The van der Waals surface area contributed by atoms with Gasteiger partial charge in [-0.05, 0) is 59.7 Å². The maximum absolute atomic E-state index is 3.90. The van der Waals surface area contributed by atoms with Gasteiger partial charge in [-0.25, -0.2) is 0 Å². The normalized spacial score (nSPS) is 24.0. The Hall–Kier alpha value is -2.54. The maximum atomic E-state index is 3.90. The Balaban J connectivity index is 1.64. The molecule has 0 saturated heterocycles. The van der Waals surface area contributed by atoms with Crippen molar-refractivity contribution in [3.05, 3.63) is 89.0 Å². The summed E-state index contributed by atoms with van der Waals surface area (Å²) < 4.78 is 0. The predicted molar refractivity (Wildman–Crippen MR) is 106 cm³/mol. The van der Waals surface area contributed by atoms with E-state index in [0.717, 1.165) is 6.42 Å². The van der Waals surface area contributed by atoms with Crippen LogP contribution < -0.4 is 5.32 Å². The molecule has 1 heteroatoms. The van der Waals surface area contributed by atoms with E-state index < -0.39 is 0 Å². The average molecular weight is 325 g/mol. The maximum Gasteiger partial charge on any atom is 0.0554 e. The van der Waals surface area contributed by atoms with Crippen molar-refractivity contribution in [1.29, 1.82) is 0 Å². The lowest BCUT2D eigenvalue weighted by molar-refractivity contribution is 0.425. The molecular formula is C24H23N. The molecule has 0 fully saturated rings. The number of aryl methyl sites for hydroxylation is 2. The molecule has 0 amide bonds. The van der Waals surface area contributed by atoms with Gasteiger partial charge in [0.15, 0.2) is 0 Å². The highest BCUT2D eigenvalue weighted by atomic mass is 15.0. The fourth-order valence-corrected chi connectivity index (χ4v) is 4.80. The number of fused-ring (bicyclic) bond motifs is 4. The van der Waals surface area contributed by atoms with Crippen LogP contribution in [0, 0.1) is 19.8 Å². The van der Waals surface area contributed by atoms with Crippen LogP contribution in [0.15, 0.2) is 66.7 Å². The van der Waals surface area contributed by atoms with Gasteiger partial charge in [0, 0.05) is 11.6 Å². The minimum absolute atomic E-state index is 0.374. The summed E-state index contributed by atoms with van der Waals surface area (Å²) >= 11 is 0. The predicted octanol–water partition coefficient (Wildman–Crippen LogP) is 6.28. The fraction of sp³-hybridized carbons (Fsp3) is 0.250.